The van der Waals surface area contributed by atoms with Crippen molar-refractivity contribution in [3.63, 3.8) is 0 Å². The quantitative estimate of drug-likeness (QED) is 0.417. The molecule has 2 aromatic heterocycles. The largest absolute Gasteiger partial charge is 0.489 e. The second kappa shape index (κ2) is 10.2. The molecule has 0 bridgehead atoms. The van der Waals surface area contributed by atoms with Gasteiger partial charge in [-0.05, 0) is 36.4 Å². The predicted molar refractivity (Wildman–Crippen MR) is 136 cm³/mol. The number of carbonyl (C=O) groups is 2. The zero-order valence-electron chi connectivity index (χ0n) is 19.1. The Labute approximate surface area is 208 Å². The van der Waals surface area contributed by atoms with Crippen molar-refractivity contribution in [2.24, 2.45) is 0 Å². The number of fused-ring (bicyclic) bond motifs is 1. The van der Waals surface area contributed by atoms with Crippen LogP contribution < -0.4 is 9.64 Å². The molecule has 2 amide bonds. The van der Waals surface area contributed by atoms with Crippen LogP contribution in [0.4, 0.5) is 5.69 Å². The molecule has 1 saturated heterocycles. The van der Waals surface area contributed by atoms with Crippen LogP contribution in [0.2, 0.25) is 5.02 Å². The molecule has 7 nitrogen and oxygen atoms in total. The number of hydrogen-bond acceptors (Lipinski definition) is 4. The fraction of sp³-hybridized carbons (Fsp3) is 0.222. The van der Waals surface area contributed by atoms with Gasteiger partial charge in [-0.1, -0.05) is 35.9 Å². The van der Waals surface area contributed by atoms with E-state index in [9.17, 15) is 9.59 Å². The topological polar surface area (TPSA) is 78.5 Å². The molecule has 4 aromatic rings. The first kappa shape index (κ1) is 22.9. The van der Waals surface area contributed by atoms with E-state index in [0.717, 1.165) is 29.5 Å². The molecule has 5 rings (SSSR count). The Morgan fingerprint density at radius 2 is 1.89 bits per heavy atom. The molecule has 35 heavy (non-hydrogen) atoms. The number of ether oxygens (including phenoxy) is 1. The number of nitrogens with zero attached hydrogens (tertiary/aromatic N) is 3. The lowest BCUT2D eigenvalue weighted by Crippen LogP contribution is -2.47. The maximum atomic E-state index is 13.6. The number of anilines is 1. The number of H-pyrrole nitrogens is 1. The van der Waals surface area contributed by atoms with Gasteiger partial charge in [-0.3, -0.25) is 19.5 Å². The van der Waals surface area contributed by atoms with Gasteiger partial charge < -0.3 is 14.6 Å². The molecule has 1 aliphatic heterocycles. The van der Waals surface area contributed by atoms with E-state index in [1.54, 1.807) is 35.6 Å². The van der Waals surface area contributed by atoms with Gasteiger partial charge in [-0.25, -0.2) is 0 Å². The average molecular weight is 489 g/mol. The third-order valence-corrected chi connectivity index (χ3v) is 6.53. The molecular formula is C27H25ClN4O3. The van der Waals surface area contributed by atoms with E-state index in [2.05, 4.69) is 9.97 Å². The Balaban J connectivity index is 1.29. The number of hydrogen-bond donors (Lipinski definition) is 1. The van der Waals surface area contributed by atoms with E-state index in [0.29, 0.717) is 29.4 Å². The number of para-hydroxylation sites is 1. The van der Waals surface area contributed by atoms with Crippen LogP contribution in [-0.2, 0) is 4.79 Å². The number of benzene rings is 2. The Morgan fingerprint density at radius 3 is 2.63 bits per heavy atom. The van der Waals surface area contributed by atoms with E-state index in [1.807, 2.05) is 48.5 Å². The lowest BCUT2D eigenvalue weighted by atomic mass is 10.1. The molecule has 0 atom stereocenters. The molecule has 178 valence electrons. The fourth-order valence-electron chi connectivity index (χ4n) is 4.34. The van der Waals surface area contributed by atoms with Crippen LogP contribution in [0.25, 0.3) is 10.9 Å². The monoisotopic (exact) mass is 488 g/mol. The highest BCUT2D eigenvalue weighted by Crippen LogP contribution is 2.26. The van der Waals surface area contributed by atoms with Gasteiger partial charge in [-0.2, -0.15) is 0 Å². The molecule has 0 radical (unpaired) electrons. The Bertz CT molecular complexity index is 1320. The second-order valence-electron chi connectivity index (χ2n) is 8.51. The standard InChI is InChI=1S/C27H25ClN4O3/c28-24-17-30-25-15-19(8-9-23(24)25)27(34)32(20-5-2-1-3-6-20)18-26(33)31-13-10-21(11-14-31)35-22-7-4-12-29-16-22/h1-9,12,15-17,21,30H,10-11,13-14,18H2. The Hall–Kier alpha value is -3.84. The lowest BCUT2D eigenvalue weighted by molar-refractivity contribution is -0.131. The normalized spacial score (nSPS) is 14.1. The van der Waals surface area contributed by atoms with Crippen molar-refractivity contribution in [2.75, 3.05) is 24.5 Å². The summed E-state index contributed by atoms with van der Waals surface area (Å²) in [6, 6.07) is 18.3. The molecule has 1 N–H and O–H groups in total. The third kappa shape index (κ3) is 5.15. The van der Waals surface area contributed by atoms with Crippen molar-refractivity contribution in [3.05, 3.63) is 89.8 Å². The van der Waals surface area contributed by atoms with E-state index in [1.165, 1.54) is 4.90 Å². The van der Waals surface area contributed by atoms with Crippen LogP contribution in [0.3, 0.4) is 0 Å². The lowest BCUT2D eigenvalue weighted by Gasteiger charge is -2.33. The summed E-state index contributed by atoms with van der Waals surface area (Å²) in [5.74, 6) is 0.399. The number of pyridine rings is 1. The molecule has 2 aromatic carbocycles. The maximum absolute atomic E-state index is 13.6. The molecule has 1 aliphatic rings. The first-order chi connectivity index (χ1) is 17.1. The summed E-state index contributed by atoms with van der Waals surface area (Å²) in [6.45, 7) is 1.11. The molecule has 0 saturated carbocycles. The number of nitrogens with one attached hydrogen (secondary N) is 1. The van der Waals surface area contributed by atoms with Gasteiger partial charge in [0.1, 0.15) is 18.4 Å². The highest BCUT2D eigenvalue weighted by molar-refractivity contribution is 6.35. The number of aromatic amines is 1. The van der Waals surface area contributed by atoms with E-state index in [-0.39, 0.29) is 24.5 Å². The molecule has 3 heterocycles. The zero-order chi connectivity index (χ0) is 24.2. The Kier molecular flexibility index (Phi) is 6.68. The summed E-state index contributed by atoms with van der Waals surface area (Å²) in [7, 11) is 0. The van der Waals surface area contributed by atoms with Gasteiger partial charge in [-0.15, -0.1) is 0 Å². The molecule has 0 unspecified atom stereocenters. The van der Waals surface area contributed by atoms with Crippen LogP contribution >= 0.6 is 11.6 Å². The van der Waals surface area contributed by atoms with Crippen molar-refractivity contribution in [2.45, 2.75) is 18.9 Å². The SMILES string of the molecule is O=C(CN(C(=O)c1ccc2c(Cl)c[nH]c2c1)c1ccccc1)N1CCC(Oc2cccnc2)CC1. The van der Waals surface area contributed by atoms with Gasteiger partial charge in [0.2, 0.25) is 5.91 Å². The molecule has 1 fully saturated rings. The second-order valence-corrected chi connectivity index (χ2v) is 8.92. The van der Waals surface area contributed by atoms with Crippen LogP contribution in [-0.4, -0.2) is 52.4 Å². The molecule has 0 spiro atoms. The summed E-state index contributed by atoms with van der Waals surface area (Å²) < 4.78 is 5.99. The van der Waals surface area contributed by atoms with Crippen LogP contribution in [0.5, 0.6) is 5.75 Å². The van der Waals surface area contributed by atoms with E-state index in [4.69, 9.17) is 16.3 Å². The molecular weight excluding hydrogens is 464 g/mol. The molecule has 8 heteroatoms. The Morgan fingerprint density at radius 1 is 1.09 bits per heavy atom. The fourth-order valence-corrected chi connectivity index (χ4v) is 4.55. The smallest absolute Gasteiger partial charge is 0.258 e. The summed E-state index contributed by atoms with van der Waals surface area (Å²) in [4.78, 5) is 37.3. The van der Waals surface area contributed by atoms with Crippen molar-refractivity contribution >= 4 is 40.0 Å². The summed E-state index contributed by atoms with van der Waals surface area (Å²) >= 11 is 6.18. The van der Waals surface area contributed by atoms with Gasteiger partial charge in [0, 0.05) is 60.5 Å². The summed E-state index contributed by atoms with van der Waals surface area (Å²) in [6.07, 6.45) is 6.59. The van der Waals surface area contributed by atoms with E-state index >= 15 is 0 Å². The summed E-state index contributed by atoms with van der Waals surface area (Å²) in [5, 5.41) is 1.45. The first-order valence-electron chi connectivity index (χ1n) is 11.6. The van der Waals surface area contributed by atoms with Gasteiger partial charge in [0.05, 0.1) is 11.2 Å². The van der Waals surface area contributed by atoms with Crippen molar-refractivity contribution in [1.82, 2.24) is 14.9 Å². The number of rotatable bonds is 6. The number of carbonyl (C=O) groups excluding carboxylic acids is 2. The van der Waals surface area contributed by atoms with Crippen molar-refractivity contribution < 1.29 is 14.3 Å². The summed E-state index contributed by atoms with van der Waals surface area (Å²) in [5.41, 5.74) is 1.93. The number of halogens is 1. The highest BCUT2D eigenvalue weighted by Gasteiger charge is 2.28. The number of likely N-dealkylation sites (tertiary alicyclic amines) is 1. The number of aromatic nitrogens is 2. The average Bonchev–Trinajstić information content (AvgIpc) is 3.28. The highest BCUT2D eigenvalue weighted by atomic mass is 35.5. The van der Waals surface area contributed by atoms with Crippen LogP contribution in [0.15, 0.2) is 79.3 Å². The third-order valence-electron chi connectivity index (χ3n) is 6.22. The number of piperidine rings is 1. The van der Waals surface area contributed by atoms with Gasteiger partial charge >= 0.3 is 0 Å². The van der Waals surface area contributed by atoms with Gasteiger partial charge in [0.15, 0.2) is 0 Å². The van der Waals surface area contributed by atoms with E-state index < -0.39 is 0 Å². The van der Waals surface area contributed by atoms with Crippen LogP contribution in [0, 0.1) is 0 Å². The minimum atomic E-state index is -0.244. The maximum Gasteiger partial charge on any atom is 0.258 e. The minimum absolute atomic E-state index is 0.0365. The molecule has 0 aliphatic carbocycles. The first-order valence-corrected chi connectivity index (χ1v) is 11.9. The zero-order valence-corrected chi connectivity index (χ0v) is 19.8. The predicted octanol–water partition coefficient (Wildman–Crippen LogP) is 4.93. The minimum Gasteiger partial charge on any atom is -0.489 e. The van der Waals surface area contributed by atoms with Crippen LogP contribution in [0.1, 0.15) is 23.2 Å². The van der Waals surface area contributed by atoms with Crippen molar-refractivity contribution in [1.29, 1.82) is 0 Å². The number of amides is 2. The van der Waals surface area contributed by atoms with Crippen molar-refractivity contribution in [3.8, 4) is 5.75 Å². The van der Waals surface area contributed by atoms with Gasteiger partial charge in [0.25, 0.3) is 5.91 Å².